The van der Waals surface area contributed by atoms with E-state index in [0.717, 1.165) is 22.1 Å². The summed E-state index contributed by atoms with van der Waals surface area (Å²) in [5, 5.41) is 9.64. The van der Waals surface area contributed by atoms with E-state index in [9.17, 15) is 0 Å². The Morgan fingerprint density at radius 3 is 3.08 bits per heavy atom. The number of nitriles is 1. The van der Waals surface area contributed by atoms with E-state index in [2.05, 4.69) is 6.07 Å². The van der Waals surface area contributed by atoms with Gasteiger partial charge in [0, 0.05) is 5.39 Å². The molecule has 0 atom stereocenters. The SMILES string of the molecule is Cc1coc2ccc(CC#N)cc12. The Kier molecular flexibility index (Phi) is 1.79. The highest BCUT2D eigenvalue weighted by molar-refractivity contribution is 5.81. The van der Waals surface area contributed by atoms with E-state index in [0.29, 0.717) is 6.42 Å². The summed E-state index contributed by atoms with van der Waals surface area (Å²) in [6, 6.07) is 7.98. The average molecular weight is 171 g/mol. The molecule has 2 rings (SSSR count). The van der Waals surface area contributed by atoms with Crippen molar-refractivity contribution < 1.29 is 4.42 Å². The van der Waals surface area contributed by atoms with Crippen molar-refractivity contribution in [3.05, 3.63) is 35.6 Å². The van der Waals surface area contributed by atoms with Gasteiger partial charge in [-0.1, -0.05) is 6.07 Å². The lowest BCUT2D eigenvalue weighted by Crippen LogP contribution is -1.80. The van der Waals surface area contributed by atoms with E-state index in [1.807, 2.05) is 25.1 Å². The summed E-state index contributed by atoms with van der Waals surface area (Å²) in [5.41, 5.74) is 3.05. The zero-order valence-corrected chi connectivity index (χ0v) is 7.37. The second kappa shape index (κ2) is 2.95. The van der Waals surface area contributed by atoms with Crippen LogP contribution in [0.4, 0.5) is 0 Å². The molecule has 2 heteroatoms. The molecule has 0 aliphatic heterocycles. The van der Waals surface area contributed by atoms with Gasteiger partial charge in [-0.25, -0.2) is 0 Å². The molecule has 0 saturated heterocycles. The van der Waals surface area contributed by atoms with Crippen molar-refractivity contribution in [1.29, 1.82) is 5.26 Å². The number of benzene rings is 1. The summed E-state index contributed by atoms with van der Waals surface area (Å²) in [6.45, 7) is 2.00. The summed E-state index contributed by atoms with van der Waals surface area (Å²) in [6.07, 6.45) is 2.20. The number of hydrogen-bond acceptors (Lipinski definition) is 2. The van der Waals surface area contributed by atoms with E-state index in [4.69, 9.17) is 9.68 Å². The van der Waals surface area contributed by atoms with Gasteiger partial charge in [-0.2, -0.15) is 5.26 Å². The molecule has 2 nitrogen and oxygen atoms in total. The van der Waals surface area contributed by atoms with Crippen molar-refractivity contribution in [2.45, 2.75) is 13.3 Å². The lowest BCUT2D eigenvalue weighted by atomic mass is 10.1. The van der Waals surface area contributed by atoms with Crippen molar-refractivity contribution in [2.24, 2.45) is 0 Å². The molecule has 0 radical (unpaired) electrons. The number of rotatable bonds is 1. The van der Waals surface area contributed by atoms with Crippen LogP contribution in [0.5, 0.6) is 0 Å². The maximum Gasteiger partial charge on any atom is 0.134 e. The van der Waals surface area contributed by atoms with Gasteiger partial charge in [-0.05, 0) is 30.2 Å². The first kappa shape index (κ1) is 7.88. The molecular formula is C11H9NO. The fraction of sp³-hybridized carbons (Fsp3) is 0.182. The Labute approximate surface area is 76.4 Å². The Balaban J connectivity index is 2.60. The van der Waals surface area contributed by atoms with Gasteiger partial charge in [0.15, 0.2) is 0 Å². The minimum absolute atomic E-state index is 0.459. The molecule has 0 fully saturated rings. The number of aryl methyl sites for hydroxylation is 1. The number of nitrogens with zero attached hydrogens (tertiary/aromatic N) is 1. The molecular weight excluding hydrogens is 162 g/mol. The lowest BCUT2D eigenvalue weighted by molar-refractivity contribution is 0.613. The quantitative estimate of drug-likeness (QED) is 0.661. The summed E-state index contributed by atoms with van der Waals surface area (Å²) in [7, 11) is 0. The first-order chi connectivity index (χ1) is 6.31. The highest BCUT2D eigenvalue weighted by atomic mass is 16.3. The number of furan rings is 1. The van der Waals surface area contributed by atoms with Gasteiger partial charge in [0.25, 0.3) is 0 Å². The highest BCUT2D eigenvalue weighted by Gasteiger charge is 2.02. The Morgan fingerprint density at radius 2 is 2.31 bits per heavy atom. The van der Waals surface area contributed by atoms with Crippen molar-refractivity contribution in [3.63, 3.8) is 0 Å². The van der Waals surface area contributed by atoms with E-state index >= 15 is 0 Å². The minimum atomic E-state index is 0.459. The molecule has 1 aromatic carbocycles. The molecule has 0 amide bonds. The normalized spacial score (nSPS) is 10.2. The third-order valence-electron chi connectivity index (χ3n) is 2.11. The van der Waals surface area contributed by atoms with E-state index in [1.54, 1.807) is 6.26 Å². The molecule has 1 heterocycles. The van der Waals surface area contributed by atoms with E-state index < -0.39 is 0 Å². The first-order valence-electron chi connectivity index (χ1n) is 4.15. The van der Waals surface area contributed by atoms with Gasteiger partial charge in [0.1, 0.15) is 5.58 Å². The van der Waals surface area contributed by atoms with Crippen molar-refractivity contribution in [1.82, 2.24) is 0 Å². The van der Waals surface area contributed by atoms with Crippen LogP contribution in [0.25, 0.3) is 11.0 Å². The molecule has 0 N–H and O–H groups in total. The Hall–Kier alpha value is -1.75. The minimum Gasteiger partial charge on any atom is -0.464 e. The molecule has 0 bridgehead atoms. The van der Waals surface area contributed by atoms with Crippen LogP contribution in [0.1, 0.15) is 11.1 Å². The zero-order valence-electron chi connectivity index (χ0n) is 7.37. The molecule has 0 aliphatic rings. The predicted octanol–water partition coefficient (Wildman–Crippen LogP) is 2.81. The monoisotopic (exact) mass is 171 g/mol. The number of fused-ring (bicyclic) bond motifs is 1. The van der Waals surface area contributed by atoms with Gasteiger partial charge in [-0.15, -0.1) is 0 Å². The van der Waals surface area contributed by atoms with Crippen LogP contribution in [0.3, 0.4) is 0 Å². The van der Waals surface area contributed by atoms with Crippen LogP contribution < -0.4 is 0 Å². The van der Waals surface area contributed by atoms with E-state index in [-0.39, 0.29) is 0 Å². The molecule has 0 unspecified atom stereocenters. The summed E-state index contributed by atoms with van der Waals surface area (Å²) in [4.78, 5) is 0. The van der Waals surface area contributed by atoms with Gasteiger partial charge in [-0.3, -0.25) is 0 Å². The third-order valence-corrected chi connectivity index (χ3v) is 2.11. The van der Waals surface area contributed by atoms with Crippen LogP contribution >= 0.6 is 0 Å². The zero-order chi connectivity index (χ0) is 9.26. The van der Waals surface area contributed by atoms with Crippen LogP contribution in [-0.2, 0) is 6.42 Å². The van der Waals surface area contributed by atoms with Gasteiger partial charge < -0.3 is 4.42 Å². The molecule has 64 valence electrons. The molecule has 0 spiro atoms. The fourth-order valence-electron chi connectivity index (χ4n) is 1.40. The van der Waals surface area contributed by atoms with Crippen molar-refractivity contribution in [3.8, 4) is 6.07 Å². The average Bonchev–Trinajstić information content (AvgIpc) is 2.49. The van der Waals surface area contributed by atoms with Crippen molar-refractivity contribution in [2.75, 3.05) is 0 Å². The van der Waals surface area contributed by atoms with Crippen LogP contribution in [0.15, 0.2) is 28.9 Å². The summed E-state index contributed by atoms with van der Waals surface area (Å²) < 4.78 is 5.30. The molecule has 0 saturated carbocycles. The lowest BCUT2D eigenvalue weighted by Gasteiger charge is -1.94. The van der Waals surface area contributed by atoms with Crippen molar-refractivity contribution >= 4 is 11.0 Å². The molecule has 2 aromatic rings. The third kappa shape index (κ3) is 1.29. The second-order valence-electron chi connectivity index (χ2n) is 3.08. The summed E-state index contributed by atoms with van der Waals surface area (Å²) in [5.74, 6) is 0. The maximum absolute atomic E-state index is 8.54. The topological polar surface area (TPSA) is 36.9 Å². The van der Waals surface area contributed by atoms with Crippen LogP contribution in [0, 0.1) is 18.3 Å². The second-order valence-corrected chi connectivity index (χ2v) is 3.08. The highest BCUT2D eigenvalue weighted by Crippen LogP contribution is 2.21. The predicted molar refractivity (Wildman–Crippen MR) is 50.3 cm³/mol. The molecule has 1 aromatic heterocycles. The smallest absolute Gasteiger partial charge is 0.134 e. The largest absolute Gasteiger partial charge is 0.464 e. The standard InChI is InChI=1S/C11H9NO/c1-8-7-13-11-3-2-9(4-5-12)6-10(8)11/h2-3,6-7H,4H2,1H3. The molecule has 0 aliphatic carbocycles. The van der Waals surface area contributed by atoms with E-state index in [1.165, 1.54) is 0 Å². The first-order valence-corrected chi connectivity index (χ1v) is 4.15. The van der Waals surface area contributed by atoms with Gasteiger partial charge >= 0.3 is 0 Å². The summed E-state index contributed by atoms with van der Waals surface area (Å²) >= 11 is 0. The maximum atomic E-state index is 8.54. The fourth-order valence-corrected chi connectivity index (χ4v) is 1.40. The number of hydrogen-bond donors (Lipinski definition) is 0. The van der Waals surface area contributed by atoms with Crippen LogP contribution in [-0.4, -0.2) is 0 Å². The van der Waals surface area contributed by atoms with Gasteiger partial charge in [0.05, 0.1) is 18.8 Å². The Bertz CT molecular complexity index is 476. The Morgan fingerprint density at radius 1 is 1.46 bits per heavy atom. The molecule has 13 heavy (non-hydrogen) atoms. The van der Waals surface area contributed by atoms with Crippen LogP contribution in [0.2, 0.25) is 0 Å². The van der Waals surface area contributed by atoms with Gasteiger partial charge in [0.2, 0.25) is 0 Å².